The molecule has 6 heterocycles. The minimum absolute atomic E-state index is 0.0229. The Morgan fingerprint density at radius 1 is 1.12 bits per heavy atom. The minimum atomic E-state index is -4.09. The van der Waals surface area contributed by atoms with Crippen molar-refractivity contribution in [2.75, 3.05) is 37.7 Å². The number of ether oxygens (including phenoxy) is 1. The second kappa shape index (κ2) is 9.51. The summed E-state index contributed by atoms with van der Waals surface area (Å²) < 4.78 is 51.3. The Kier molecular flexibility index (Phi) is 5.93. The number of sulfonamides is 1. The van der Waals surface area contributed by atoms with Gasteiger partial charge in [0.2, 0.25) is 0 Å². The van der Waals surface area contributed by atoms with Gasteiger partial charge in [-0.05, 0) is 61.2 Å². The quantitative estimate of drug-likeness (QED) is 0.411. The monoisotopic (exact) mass is 592 g/mol. The van der Waals surface area contributed by atoms with Gasteiger partial charge in [-0.25, -0.2) is 12.8 Å². The summed E-state index contributed by atoms with van der Waals surface area (Å²) in [6.07, 6.45) is 5.12. The summed E-state index contributed by atoms with van der Waals surface area (Å²) in [6, 6.07) is 11.3. The Morgan fingerprint density at radius 2 is 1.93 bits per heavy atom. The Balaban J connectivity index is 1.24. The normalized spacial score (nSPS) is 29.7. The van der Waals surface area contributed by atoms with Crippen LogP contribution in [0, 0.1) is 0 Å². The highest BCUT2D eigenvalue weighted by atomic mass is 32.2. The van der Waals surface area contributed by atoms with Crippen LogP contribution in [0.2, 0.25) is 0 Å². The molecule has 5 aliphatic heterocycles. The molecule has 12 heteroatoms. The van der Waals surface area contributed by atoms with E-state index in [2.05, 4.69) is 19.9 Å². The first kappa shape index (κ1) is 26.2. The molecule has 0 spiro atoms. The van der Waals surface area contributed by atoms with Crippen LogP contribution in [0.4, 0.5) is 10.2 Å². The number of halogens is 1. The molecule has 10 nitrogen and oxygen atoms in total. The molecule has 2 unspecified atom stereocenters. The van der Waals surface area contributed by atoms with Crippen LogP contribution in [0.25, 0.3) is 22.5 Å². The summed E-state index contributed by atoms with van der Waals surface area (Å²) in [5, 5.41) is 15.6. The number of phenolic OH excluding ortho intramolecular Hbond substituents is 1. The first-order chi connectivity index (χ1) is 20.3. The summed E-state index contributed by atoms with van der Waals surface area (Å²) >= 11 is 0. The summed E-state index contributed by atoms with van der Waals surface area (Å²) in [4.78, 5) is 13.6. The SMILES string of the molecule is O=S1(=O)NC(c2cc(O)cc3ccccc23)=Cc2nc(OC[C@@]34CCCN3C[C@H](F)C4)nc(N3CC4CCC(C3)N4)c21. The van der Waals surface area contributed by atoms with Crippen molar-refractivity contribution in [3.8, 4) is 11.8 Å². The number of anilines is 1. The third kappa shape index (κ3) is 4.30. The molecule has 1 aromatic heterocycles. The van der Waals surface area contributed by atoms with Crippen molar-refractivity contribution in [2.24, 2.45) is 0 Å². The number of hydrogen-bond acceptors (Lipinski definition) is 9. The van der Waals surface area contributed by atoms with Crippen LogP contribution in [0.3, 0.4) is 0 Å². The maximum absolute atomic E-state index is 14.4. The van der Waals surface area contributed by atoms with E-state index in [-0.39, 0.29) is 46.6 Å². The van der Waals surface area contributed by atoms with Gasteiger partial charge in [-0.3, -0.25) is 9.62 Å². The second-order valence-electron chi connectivity index (χ2n) is 12.3. The molecule has 2 aromatic carbocycles. The van der Waals surface area contributed by atoms with Gasteiger partial charge < -0.3 is 20.1 Å². The average Bonchev–Trinajstić information content (AvgIpc) is 3.60. The van der Waals surface area contributed by atoms with Gasteiger partial charge in [-0.2, -0.15) is 9.97 Å². The number of aromatic hydroxyl groups is 1. The predicted octanol–water partition coefficient (Wildman–Crippen LogP) is 3.02. The van der Waals surface area contributed by atoms with Crippen molar-refractivity contribution in [1.29, 1.82) is 0 Å². The molecule has 8 rings (SSSR count). The summed E-state index contributed by atoms with van der Waals surface area (Å²) in [6.45, 7) is 2.76. The number of phenols is 1. The molecule has 0 amide bonds. The molecule has 4 saturated heterocycles. The predicted molar refractivity (Wildman–Crippen MR) is 157 cm³/mol. The molecule has 0 saturated carbocycles. The Hall–Kier alpha value is -3.48. The van der Waals surface area contributed by atoms with Crippen LogP contribution in [-0.2, 0) is 10.0 Å². The lowest BCUT2D eigenvalue weighted by molar-refractivity contribution is 0.107. The highest BCUT2D eigenvalue weighted by Gasteiger charge is 2.49. The molecule has 42 heavy (non-hydrogen) atoms. The number of fused-ring (bicyclic) bond motifs is 5. The van der Waals surface area contributed by atoms with Crippen LogP contribution in [0.15, 0.2) is 41.3 Å². The van der Waals surface area contributed by atoms with E-state index < -0.39 is 16.2 Å². The number of aromatic nitrogens is 2. The van der Waals surface area contributed by atoms with Crippen LogP contribution < -0.4 is 19.7 Å². The van der Waals surface area contributed by atoms with Gasteiger partial charge in [0.1, 0.15) is 18.5 Å². The van der Waals surface area contributed by atoms with Gasteiger partial charge in [0.15, 0.2) is 10.7 Å². The molecule has 5 aliphatic rings. The van der Waals surface area contributed by atoms with Gasteiger partial charge >= 0.3 is 6.01 Å². The fraction of sp³-hybridized carbons (Fsp3) is 0.467. The first-order valence-electron chi connectivity index (χ1n) is 14.7. The van der Waals surface area contributed by atoms with Crippen molar-refractivity contribution in [3.63, 3.8) is 0 Å². The number of benzene rings is 2. The lowest BCUT2D eigenvalue weighted by Gasteiger charge is -2.35. The largest absolute Gasteiger partial charge is 0.508 e. The van der Waals surface area contributed by atoms with Crippen LogP contribution in [0.5, 0.6) is 11.8 Å². The van der Waals surface area contributed by atoms with E-state index in [0.717, 1.165) is 43.0 Å². The van der Waals surface area contributed by atoms with Crippen molar-refractivity contribution >= 4 is 38.4 Å². The molecule has 2 bridgehead atoms. The number of rotatable bonds is 5. The first-order valence-corrected chi connectivity index (χ1v) is 16.2. The third-order valence-corrected chi connectivity index (χ3v) is 10.9. The van der Waals surface area contributed by atoms with E-state index in [1.807, 2.05) is 29.2 Å². The highest BCUT2D eigenvalue weighted by Crippen LogP contribution is 2.42. The zero-order valence-corrected chi connectivity index (χ0v) is 23.9. The van der Waals surface area contributed by atoms with Gasteiger partial charge in [-0.15, -0.1) is 0 Å². The molecule has 0 aliphatic carbocycles. The standard InChI is InChI=1S/C30H33FN6O4S/c31-19-13-30(8-3-9-37(30)14-19)17-41-29-33-26-12-25(24-11-22(38)10-18-4-1-2-5-23(18)24)35-42(39,40)27(26)28(34-29)36-15-20-6-7-21(16-36)32-20/h1-2,4-5,10-12,19-21,32,35,38H,3,6-9,13-17H2/t19-,20?,21?,30+/m1/s1. The van der Waals surface area contributed by atoms with E-state index in [9.17, 15) is 17.9 Å². The molecule has 4 atom stereocenters. The van der Waals surface area contributed by atoms with E-state index in [1.54, 1.807) is 18.2 Å². The van der Waals surface area contributed by atoms with Crippen molar-refractivity contribution in [1.82, 2.24) is 24.9 Å². The molecule has 3 aromatic rings. The van der Waals surface area contributed by atoms with Gasteiger partial charge in [0.05, 0.1) is 16.9 Å². The van der Waals surface area contributed by atoms with Crippen molar-refractivity contribution in [3.05, 3.63) is 47.7 Å². The zero-order valence-electron chi connectivity index (χ0n) is 23.1. The van der Waals surface area contributed by atoms with Crippen molar-refractivity contribution < 1.29 is 22.7 Å². The Bertz CT molecular complexity index is 1720. The van der Waals surface area contributed by atoms with E-state index >= 15 is 0 Å². The number of nitrogens with one attached hydrogen (secondary N) is 2. The number of piperazine rings is 1. The van der Waals surface area contributed by atoms with E-state index in [1.165, 1.54) is 0 Å². The topological polar surface area (TPSA) is 120 Å². The van der Waals surface area contributed by atoms with Crippen LogP contribution in [-0.4, -0.2) is 85.0 Å². The van der Waals surface area contributed by atoms with E-state index in [4.69, 9.17) is 9.72 Å². The van der Waals surface area contributed by atoms with Crippen LogP contribution in [0.1, 0.15) is 43.4 Å². The zero-order chi connectivity index (χ0) is 28.6. The van der Waals surface area contributed by atoms with Crippen molar-refractivity contribution in [2.45, 2.75) is 60.8 Å². The lowest BCUT2D eigenvalue weighted by atomic mass is 9.95. The summed E-state index contributed by atoms with van der Waals surface area (Å²) in [5.41, 5.74) is 0.699. The molecule has 3 N–H and O–H groups in total. The van der Waals surface area contributed by atoms with E-state index in [0.29, 0.717) is 43.1 Å². The summed E-state index contributed by atoms with van der Waals surface area (Å²) in [5.74, 6) is 0.355. The Morgan fingerprint density at radius 3 is 2.76 bits per heavy atom. The Labute approximate surface area is 243 Å². The minimum Gasteiger partial charge on any atom is -0.508 e. The summed E-state index contributed by atoms with van der Waals surface area (Å²) in [7, 11) is -4.09. The van der Waals surface area contributed by atoms with Gasteiger partial charge in [-0.1, -0.05) is 24.3 Å². The van der Waals surface area contributed by atoms with Crippen LogP contribution >= 0.6 is 0 Å². The molecule has 4 fully saturated rings. The fourth-order valence-electron chi connectivity index (χ4n) is 7.70. The number of nitrogens with zero attached hydrogens (tertiary/aromatic N) is 4. The maximum Gasteiger partial charge on any atom is 0.319 e. The fourth-order valence-corrected chi connectivity index (χ4v) is 9.05. The molecular weight excluding hydrogens is 559 g/mol. The van der Waals surface area contributed by atoms with Gasteiger partial charge in [0.25, 0.3) is 10.0 Å². The maximum atomic E-state index is 14.4. The average molecular weight is 593 g/mol. The lowest BCUT2D eigenvalue weighted by Crippen LogP contribution is -2.52. The highest BCUT2D eigenvalue weighted by molar-refractivity contribution is 7.90. The smallest absolute Gasteiger partial charge is 0.319 e. The second-order valence-corrected chi connectivity index (χ2v) is 13.9. The number of alkyl halides is 1. The van der Waals surface area contributed by atoms with Gasteiger partial charge in [0, 0.05) is 43.7 Å². The third-order valence-electron chi connectivity index (χ3n) is 9.53. The molecular formula is C30H33FN6O4S. The number of hydrogen-bond donors (Lipinski definition) is 3. The molecule has 220 valence electrons. The molecule has 0 radical (unpaired) electrons.